The first-order valence-electron chi connectivity index (χ1n) is 9.48. The van der Waals surface area contributed by atoms with E-state index in [4.69, 9.17) is 4.74 Å². The van der Waals surface area contributed by atoms with Crippen LogP contribution in [0.5, 0.6) is 5.75 Å². The van der Waals surface area contributed by atoms with Crippen molar-refractivity contribution in [2.24, 2.45) is 5.41 Å². The number of allylic oxidation sites excluding steroid dienone is 1. The summed E-state index contributed by atoms with van der Waals surface area (Å²) in [5, 5.41) is 0. The van der Waals surface area contributed by atoms with Gasteiger partial charge in [0.15, 0.2) is 0 Å². The van der Waals surface area contributed by atoms with Gasteiger partial charge in [-0.2, -0.15) is 0 Å². The third-order valence-corrected chi connectivity index (χ3v) is 5.43. The molecule has 1 aliphatic heterocycles. The maximum Gasteiger partial charge on any atom is 0.126 e. The van der Waals surface area contributed by atoms with Gasteiger partial charge < -0.3 is 9.64 Å². The van der Waals surface area contributed by atoms with E-state index in [2.05, 4.69) is 43.5 Å². The van der Waals surface area contributed by atoms with Gasteiger partial charge in [-0.25, -0.2) is 0 Å². The van der Waals surface area contributed by atoms with Gasteiger partial charge in [0, 0.05) is 24.4 Å². The van der Waals surface area contributed by atoms with Crippen molar-refractivity contribution in [1.29, 1.82) is 0 Å². The standard InChI is InChI=1S/C22H33NO/c1-5-14-22(6-2)15-17-23(18-16-22)19(4)12-13-20-10-8-9-11-21(20)24-7-3/h8-13H,4-7,14-18H2,1-3H3/b13-12+. The molecule has 2 rings (SSSR count). The molecule has 1 aromatic rings. The zero-order chi connectivity index (χ0) is 17.4. The van der Waals surface area contributed by atoms with Gasteiger partial charge in [0.25, 0.3) is 0 Å². The van der Waals surface area contributed by atoms with Gasteiger partial charge in [-0.3, -0.25) is 0 Å². The quantitative estimate of drug-likeness (QED) is 0.551. The normalized spacial score (nSPS) is 17.2. The third kappa shape index (κ3) is 4.66. The van der Waals surface area contributed by atoms with E-state index in [1.54, 1.807) is 0 Å². The van der Waals surface area contributed by atoms with Crippen LogP contribution in [0.4, 0.5) is 0 Å². The second-order valence-electron chi connectivity index (χ2n) is 6.89. The number of benzene rings is 1. The lowest BCUT2D eigenvalue weighted by atomic mass is 9.73. The summed E-state index contributed by atoms with van der Waals surface area (Å²) >= 11 is 0. The Morgan fingerprint density at radius 2 is 1.92 bits per heavy atom. The molecule has 0 bridgehead atoms. The van der Waals surface area contributed by atoms with Gasteiger partial charge in [-0.1, -0.05) is 51.5 Å². The van der Waals surface area contributed by atoms with E-state index < -0.39 is 0 Å². The molecule has 2 nitrogen and oxygen atoms in total. The van der Waals surface area contributed by atoms with E-state index in [-0.39, 0.29) is 0 Å². The summed E-state index contributed by atoms with van der Waals surface area (Å²) in [6, 6.07) is 8.17. The van der Waals surface area contributed by atoms with Crippen molar-refractivity contribution in [3.8, 4) is 5.75 Å². The first-order valence-corrected chi connectivity index (χ1v) is 9.48. The van der Waals surface area contributed by atoms with E-state index in [0.29, 0.717) is 12.0 Å². The van der Waals surface area contributed by atoms with Crippen molar-refractivity contribution in [1.82, 2.24) is 4.90 Å². The van der Waals surface area contributed by atoms with Crippen LogP contribution >= 0.6 is 0 Å². The van der Waals surface area contributed by atoms with Crippen LogP contribution in [-0.2, 0) is 0 Å². The van der Waals surface area contributed by atoms with Crippen molar-refractivity contribution in [2.75, 3.05) is 19.7 Å². The number of hydrogen-bond acceptors (Lipinski definition) is 2. The van der Waals surface area contributed by atoms with Gasteiger partial charge in [0.1, 0.15) is 5.75 Å². The van der Waals surface area contributed by atoms with E-state index in [1.807, 2.05) is 25.1 Å². The minimum Gasteiger partial charge on any atom is -0.493 e. The van der Waals surface area contributed by atoms with Crippen molar-refractivity contribution in [3.63, 3.8) is 0 Å². The van der Waals surface area contributed by atoms with Crippen LogP contribution in [0.15, 0.2) is 42.6 Å². The van der Waals surface area contributed by atoms with E-state index in [1.165, 1.54) is 32.1 Å². The highest BCUT2D eigenvalue weighted by molar-refractivity contribution is 5.59. The van der Waals surface area contributed by atoms with Crippen LogP contribution in [0.1, 0.15) is 58.4 Å². The molecule has 2 heteroatoms. The van der Waals surface area contributed by atoms with Crippen LogP contribution in [-0.4, -0.2) is 24.6 Å². The second kappa shape index (κ2) is 8.96. The molecule has 0 radical (unpaired) electrons. The lowest BCUT2D eigenvalue weighted by Gasteiger charge is -2.42. The zero-order valence-electron chi connectivity index (χ0n) is 15.7. The highest BCUT2D eigenvalue weighted by Gasteiger charge is 2.31. The maximum absolute atomic E-state index is 5.69. The average molecular weight is 328 g/mol. The summed E-state index contributed by atoms with van der Waals surface area (Å²) in [7, 11) is 0. The van der Waals surface area contributed by atoms with Gasteiger partial charge >= 0.3 is 0 Å². The number of para-hydroxylation sites is 1. The minimum atomic E-state index is 0.566. The Bertz CT molecular complexity index is 553. The van der Waals surface area contributed by atoms with E-state index >= 15 is 0 Å². The second-order valence-corrected chi connectivity index (χ2v) is 6.89. The molecule has 0 N–H and O–H groups in total. The Morgan fingerprint density at radius 1 is 1.21 bits per heavy atom. The largest absolute Gasteiger partial charge is 0.493 e. The fourth-order valence-electron chi connectivity index (χ4n) is 3.78. The molecule has 0 saturated carbocycles. The summed E-state index contributed by atoms with van der Waals surface area (Å²) in [5.74, 6) is 0.940. The first kappa shape index (κ1) is 18.6. The zero-order valence-corrected chi connectivity index (χ0v) is 15.7. The predicted molar refractivity (Wildman–Crippen MR) is 104 cm³/mol. The summed E-state index contributed by atoms with van der Waals surface area (Å²) in [5.41, 5.74) is 2.80. The summed E-state index contributed by atoms with van der Waals surface area (Å²) in [4.78, 5) is 2.43. The highest BCUT2D eigenvalue weighted by atomic mass is 16.5. The maximum atomic E-state index is 5.69. The van der Waals surface area contributed by atoms with Crippen LogP contribution in [0.25, 0.3) is 6.08 Å². The number of ether oxygens (including phenoxy) is 1. The molecular weight excluding hydrogens is 294 g/mol. The lowest BCUT2D eigenvalue weighted by molar-refractivity contribution is 0.113. The predicted octanol–water partition coefficient (Wildman–Crippen LogP) is 5.90. The molecule has 132 valence electrons. The lowest BCUT2D eigenvalue weighted by Crippen LogP contribution is -2.38. The third-order valence-electron chi connectivity index (χ3n) is 5.43. The van der Waals surface area contributed by atoms with Gasteiger partial charge in [0.2, 0.25) is 0 Å². The number of piperidine rings is 1. The molecular formula is C22H33NO. The van der Waals surface area contributed by atoms with E-state index in [9.17, 15) is 0 Å². The van der Waals surface area contributed by atoms with Crippen LogP contribution in [0.2, 0.25) is 0 Å². The van der Waals surface area contributed by atoms with Gasteiger partial charge in [-0.15, -0.1) is 0 Å². The Balaban J connectivity index is 1.96. The molecule has 1 aromatic carbocycles. The topological polar surface area (TPSA) is 12.5 Å². The highest BCUT2D eigenvalue weighted by Crippen LogP contribution is 2.40. The molecule has 0 spiro atoms. The van der Waals surface area contributed by atoms with Crippen LogP contribution in [0.3, 0.4) is 0 Å². The minimum absolute atomic E-state index is 0.566. The number of hydrogen-bond donors (Lipinski definition) is 0. The molecule has 1 aliphatic rings. The molecule has 1 heterocycles. The molecule has 0 atom stereocenters. The molecule has 1 saturated heterocycles. The molecule has 24 heavy (non-hydrogen) atoms. The molecule has 0 amide bonds. The fourth-order valence-corrected chi connectivity index (χ4v) is 3.78. The Labute approximate surface area is 148 Å². The number of likely N-dealkylation sites (tertiary alicyclic amines) is 1. The Hall–Kier alpha value is -1.70. The number of rotatable bonds is 8. The summed E-state index contributed by atoms with van der Waals surface area (Å²) < 4.78 is 5.69. The number of nitrogens with zero attached hydrogens (tertiary/aromatic N) is 1. The monoisotopic (exact) mass is 327 g/mol. The SMILES string of the molecule is C=C(/C=C/c1ccccc1OCC)N1CCC(CC)(CCC)CC1. The van der Waals surface area contributed by atoms with Crippen molar-refractivity contribution in [3.05, 3.63) is 48.2 Å². The Kier molecular flexibility index (Phi) is 6.96. The van der Waals surface area contributed by atoms with Crippen molar-refractivity contribution >= 4 is 6.08 Å². The van der Waals surface area contributed by atoms with Gasteiger partial charge in [-0.05, 0) is 49.8 Å². The summed E-state index contributed by atoms with van der Waals surface area (Å²) in [6.45, 7) is 13.9. The molecule has 0 aromatic heterocycles. The van der Waals surface area contributed by atoms with Crippen molar-refractivity contribution < 1.29 is 4.74 Å². The van der Waals surface area contributed by atoms with Gasteiger partial charge in [0.05, 0.1) is 6.61 Å². The molecule has 0 aliphatic carbocycles. The molecule has 1 fully saturated rings. The first-order chi connectivity index (χ1) is 11.6. The smallest absolute Gasteiger partial charge is 0.126 e. The fraction of sp³-hybridized carbons (Fsp3) is 0.545. The average Bonchev–Trinajstić information content (AvgIpc) is 2.62. The van der Waals surface area contributed by atoms with Crippen LogP contribution in [0, 0.1) is 5.41 Å². The van der Waals surface area contributed by atoms with E-state index in [0.717, 1.165) is 30.1 Å². The van der Waals surface area contributed by atoms with Crippen molar-refractivity contribution in [2.45, 2.75) is 52.9 Å². The Morgan fingerprint density at radius 3 is 2.54 bits per heavy atom. The van der Waals surface area contributed by atoms with Crippen LogP contribution < -0.4 is 4.74 Å². The molecule has 0 unspecified atom stereocenters. The summed E-state index contributed by atoms with van der Waals surface area (Å²) in [6.07, 6.45) is 10.8.